The van der Waals surface area contributed by atoms with Crippen molar-refractivity contribution in [2.75, 3.05) is 12.9 Å². The minimum Gasteiger partial charge on any atom is -0.494 e. The highest BCUT2D eigenvalue weighted by Crippen LogP contribution is 2.21. The number of sulfonamides is 1. The van der Waals surface area contributed by atoms with Gasteiger partial charge in [0.15, 0.2) is 0 Å². The van der Waals surface area contributed by atoms with E-state index in [1.54, 1.807) is 0 Å². The number of urea groups is 1. The van der Waals surface area contributed by atoms with E-state index in [9.17, 15) is 13.2 Å². The van der Waals surface area contributed by atoms with E-state index in [2.05, 4.69) is 15.4 Å². The largest absolute Gasteiger partial charge is 0.494 e. The zero-order valence-corrected chi connectivity index (χ0v) is 16.4. The van der Waals surface area contributed by atoms with Gasteiger partial charge >= 0.3 is 6.03 Å². The molecular formula is C18H29N3O4S. The smallest absolute Gasteiger partial charge is 0.315 e. The fourth-order valence-electron chi connectivity index (χ4n) is 3.25. The topological polar surface area (TPSA) is 96.5 Å². The minimum atomic E-state index is -3.30. The summed E-state index contributed by atoms with van der Waals surface area (Å²) in [5.41, 5.74) is 0.945. The average Bonchev–Trinajstić information content (AvgIpc) is 2.56. The maximum Gasteiger partial charge on any atom is 0.315 e. The number of carbonyl (C=O) groups is 1. The van der Waals surface area contributed by atoms with Crippen LogP contribution in [-0.2, 0) is 10.0 Å². The normalized spacial score (nSPS) is 21.7. The van der Waals surface area contributed by atoms with Crippen molar-refractivity contribution in [3.63, 3.8) is 0 Å². The number of hydrogen-bond donors (Lipinski definition) is 3. The number of nitrogens with one attached hydrogen (secondary N) is 3. The van der Waals surface area contributed by atoms with Gasteiger partial charge in [-0.15, -0.1) is 0 Å². The lowest BCUT2D eigenvalue weighted by Crippen LogP contribution is -2.55. The van der Waals surface area contributed by atoms with Gasteiger partial charge in [-0.25, -0.2) is 17.9 Å². The molecule has 26 heavy (non-hydrogen) atoms. The van der Waals surface area contributed by atoms with Gasteiger partial charge in [0.05, 0.1) is 18.9 Å². The summed E-state index contributed by atoms with van der Waals surface area (Å²) in [6.07, 6.45) is 4.55. The lowest BCUT2D eigenvalue weighted by Gasteiger charge is -2.32. The second-order valence-corrected chi connectivity index (χ2v) is 8.51. The lowest BCUT2D eigenvalue weighted by atomic mass is 9.91. The first-order valence-corrected chi connectivity index (χ1v) is 10.9. The van der Waals surface area contributed by atoms with E-state index in [1.165, 1.54) is 0 Å². The zero-order valence-electron chi connectivity index (χ0n) is 15.6. The molecule has 2 amide bonds. The Morgan fingerprint density at radius 2 is 1.96 bits per heavy atom. The van der Waals surface area contributed by atoms with Crippen molar-refractivity contribution in [1.82, 2.24) is 15.4 Å². The zero-order chi connectivity index (χ0) is 19.2. The highest BCUT2D eigenvalue weighted by atomic mass is 32.2. The highest BCUT2D eigenvalue weighted by Gasteiger charge is 2.28. The summed E-state index contributed by atoms with van der Waals surface area (Å²) in [6, 6.07) is 6.64. The summed E-state index contributed by atoms with van der Waals surface area (Å²) in [4.78, 5) is 12.4. The molecule has 1 aliphatic rings. The summed E-state index contributed by atoms with van der Waals surface area (Å²) in [5.74, 6) is 0.767. The first-order valence-electron chi connectivity index (χ1n) is 9.05. The molecule has 1 fully saturated rings. The van der Waals surface area contributed by atoms with E-state index in [0.29, 0.717) is 6.61 Å². The molecule has 0 heterocycles. The van der Waals surface area contributed by atoms with Crippen LogP contribution >= 0.6 is 0 Å². The lowest BCUT2D eigenvalue weighted by molar-refractivity contribution is 0.224. The SMILES string of the molecule is CCOc1cccc([C@H](C)NC(=O)N[C@H]2CCCC[C@H]2NS(C)(=O)=O)c1. The monoisotopic (exact) mass is 383 g/mol. The van der Waals surface area contributed by atoms with Gasteiger partial charge in [-0.3, -0.25) is 0 Å². The standard InChI is InChI=1S/C18H29N3O4S/c1-4-25-15-9-7-8-14(12-15)13(2)19-18(22)20-16-10-5-6-11-17(16)21-26(3,23)24/h7-9,12-13,16-17,21H,4-6,10-11H2,1-3H3,(H2,19,20,22)/t13-,16-,17+/m0/s1. The van der Waals surface area contributed by atoms with Gasteiger partial charge in [0.2, 0.25) is 10.0 Å². The van der Waals surface area contributed by atoms with Crippen LogP contribution < -0.4 is 20.1 Å². The molecule has 0 unspecified atom stereocenters. The van der Waals surface area contributed by atoms with Crippen molar-refractivity contribution >= 4 is 16.1 Å². The van der Waals surface area contributed by atoms with Gasteiger partial charge < -0.3 is 15.4 Å². The maximum atomic E-state index is 12.4. The van der Waals surface area contributed by atoms with Crippen molar-refractivity contribution in [2.45, 2.75) is 57.7 Å². The highest BCUT2D eigenvalue weighted by molar-refractivity contribution is 7.88. The van der Waals surface area contributed by atoms with Crippen molar-refractivity contribution in [2.24, 2.45) is 0 Å². The average molecular weight is 384 g/mol. The van der Waals surface area contributed by atoms with Crippen LogP contribution in [0.25, 0.3) is 0 Å². The van der Waals surface area contributed by atoms with E-state index in [-0.39, 0.29) is 24.2 Å². The third-order valence-electron chi connectivity index (χ3n) is 4.46. The van der Waals surface area contributed by atoms with Crippen LogP contribution in [0.1, 0.15) is 51.1 Å². The molecule has 7 nitrogen and oxygen atoms in total. The molecule has 1 aliphatic carbocycles. The third-order valence-corrected chi connectivity index (χ3v) is 5.20. The molecule has 1 aromatic rings. The fourth-order valence-corrected chi connectivity index (χ4v) is 4.08. The fraction of sp³-hybridized carbons (Fsp3) is 0.611. The van der Waals surface area contributed by atoms with Gasteiger partial charge in [-0.2, -0.15) is 0 Å². The summed E-state index contributed by atoms with van der Waals surface area (Å²) >= 11 is 0. The van der Waals surface area contributed by atoms with Gasteiger partial charge in [0.25, 0.3) is 0 Å². The molecular weight excluding hydrogens is 354 g/mol. The first-order chi connectivity index (χ1) is 12.3. The van der Waals surface area contributed by atoms with E-state index >= 15 is 0 Å². The molecule has 146 valence electrons. The Labute approximate surface area is 155 Å². The van der Waals surface area contributed by atoms with Crippen molar-refractivity contribution in [1.29, 1.82) is 0 Å². The van der Waals surface area contributed by atoms with Crippen LogP contribution in [0.2, 0.25) is 0 Å². The molecule has 0 spiro atoms. The van der Waals surface area contributed by atoms with E-state index in [4.69, 9.17) is 4.74 Å². The third kappa shape index (κ3) is 6.49. The predicted molar refractivity (Wildman–Crippen MR) is 102 cm³/mol. The molecule has 3 atom stereocenters. The molecule has 0 aliphatic heterocycles. The molecule has 1 aromatic carbocycles. The summed E-state index contributed by atoms with van der Waals surface area (Å²) in [6.45, 7) is 4.41. The van der Waals surface area contributed by atoms with Crippen LogP contribution in [-0.4, -0.2) is 39.4 Å². The Bertz CT molecular complexity index is 708. The molecule has 0 bridgehead atoms. The Morgan fingerprint density at radius 1 is 1.27 bits per heavy atom. The number of rotatable bonds is 7. The Morgan fingerprint density at radius 3 is 2.62 bits per heavy atom. The molecule has 1 saturated carbocycles. The van der Waals surface area contributed by atoms with E-state index in [1.807, 2.05) is 38.1 Å². The molecule has 0 saturated heterocycles. The molecule has 2 rings (SSSR count). The van der Waals surface area contributed by atoms with Gasteiger partial charge in [-0.1, -0.05) is 25.0 Å². The van der Waals surface area contributed by atoms with E-state index in [0.717, 1.165) is 43.3 Å². The van der Waals surface area contributed by atoms with Crippen LogP contribution in [0.5, 0.6) is 5.75 Å². The quantitative estimate of drug-likeness (QED) is 0.673. The molecule has 3 N–H and O–H groups in total. The van der Waals surface area contributed by atoms with Crippen molar-refractivity contribution in [3.8, 4) is 5.75 Å². The Kier molecular flexibility index (Phi) is 7.28. The second-order valence-electron chi connectivity index (χ2n) is 6.73. The molecule has 0 aromatic heterocycles. The van der Waals surface area contributed by atoms with Gasteiger partial charge in [0, 0.05) is 12.1 Å². The number of carbonyl (C=O) groups excluding carboxylic acids is 1. The summed E-state index contributed by atoms with van der Waals surface area (Å²) < 4.78 is 31.2. The number of benzene rings is 1. The number of ether oxygens (including phenoxy) is 1. The van der Waals surface area contributed by atoms with Crippen LogP contribution in [0.4, 0.5) is 4.79 Å². The number of amides is 2. The Balaban J connectivity index is 1.94. The van der Waals surface area contributed by atoms with Crippen LogP contribution in [0.3, 0.4) is 0 Å². The predicted octanol–water partition coefficient (Wildman–Crippen LogP) is 2.31. The van der Waals surface area contributed by atoms with Gasteiger partial charge in [0.1, 0.15) is 5.75 Å². The Hall–Kier alpha value is -1.80. The van der Waals surface area contributed by atoms with Gasteiger partial charge in [-0.05, 0) is 44.4 Å². The van der Waals surface area contributed by atoms with Crippen LogP contribution in [0, 0.1) is 0 Å². The second kappa shape index (κ2) is 9.23. The molecule has 0 radical (unpaired) electrons. The first kappa shape index (κ1) is 20.5. The summed E-state index contributed by atoms with van der Waals surface area (Å²) in [7, 11) is -3.30. The maximum absolute atomic E-state index is 12.4. The van der Waals surface area contributed by atoms with Crippen molar-refractivity contribution in [3.05, 3.63) is 29.8 Å². The summed E-state index contributed by atoms with van der Waals surface area (Å²) in [5, 5.41) is 5.84. The van der Waals surface area contributed by atoms with E-state index < -0.39 is 10.0 Å². The minimum absolute atomic E-state index is 0.194. The van der Waals surface area contributed by atoms with Crippen molar-refractivity contribution < 1.29 is 17.9 Å². The molecule has 8 heteroatoms. The number of hydrogen-bond acceptors (Lipinski definition) is 4. The van der Waals surface area contributed by atoms with Crippen LogP contribution in [0.15, 0.2) is 24.3 Å².